The first kappa shape index (κ1) is 19.8. The van der Waals surface area contributed by atoms with Crippen molar-refractivity contribution < 1.29 is 9.47 Å². The highest BCUT2D eigenvalue weighted by atomic mass is 16.5. The Morgan fingerprint density at radius 2 is 1.04 bits per heavy atom. The van der Waals surface area contributed by atoms with Crippen molar-refractivity contribution in [2.45, 2.75) is 58.8 Å². The van der Waals surface area contributed by atoms with Gasteiger partial charge in [0, 0.05) is 5.41 Å². The quantitative estimate of drug-likeness (QED) is 0.523. The van der Waals surface area contributed by atoms with E-state index >= 15 is 0 Å². The summed E-state index contributed by atoms with van der Waals surface area (Å²) in [5.41, 5.74) is 2.95. The van der Waals surface area contributed by atoms with Gasteiger partial charge in [0.1, 0.15) is 11.5 Å². The zero-order valence-electron chi connectivity index (χ0n) is 17.3. The van der Waals surface area contributed by atoms with Crippen molar-refractivity contribution in [3.05, 3.63) is 59.7 Å². The predicted molar refractivity (Wildman–Crippen MR) is 113 cm³/mol. The van der Waals surface area contributed by atoms with E-state index in [9.17, 15) is 0 Å². The molecule has 2 heteroatoms. The van der Waals surface area contributed by atoms with Crippen molar-refractivity contribution in [1.82, 2.24) is 0 Å². The Bertz CT molecular complexity index is 635. The zero-order chi connectivity index (χ0) is 19.3. The maximum Gasteiger partial charge on any atom is 0.119 e. The van der Waals surface area contributed by atoms with Crippen LogP contribution in [0, 0.1) is 11.8 Å². The average Bonchev–Trinajstić information content (AvgIpc) is 3.16. The van der Waals surface area contributed by atoms with Crippen LogP contribution in [0.3, 0.4) is 0 Å². The number of hydrogen-bond donors (Lipinski definition) is 0. The van der Waals surface area contributed by atoms with E-state index < -0.39 is 0 Å². The molecule has 0 spiro atoms. The maximum atomic E-state index is 5.87. The lowest BCUT2D eigenvalue weighted by atomic mass is 9.73. The summed E-state index contributed by atoms with van der Waals surface area (Å²) in [5.74, 6) is 3.03. The summed E-state index contributed by atoms with van der Waals surface area (Å²) in [7, 11) is 0. The average molecular weight is 367 g/mol. The fraction of sp³-hybridized carbons (Fsp3) is 0.520. The predicted octanol–water partition coefficient (Wildman–Crippen LogP) is 6.62. The number of benzene rings is 2. The van der Waals surface area contributed by atoms with Gasteiger partial charge >= 0.3 is 0 Å². The van der Waals surface area contributed by atoms with Crippen molar-refractivity contribution in [2.75, 3.05) is 13.2 Å². The molecule has 2 aromatic rings. The normalized spacial score (nSPS) is 16.1. The first-order valence-corrected chi connectivity index (χ1v) is 10.5. The van der Waals surface area contributed by atoms with Crippen LogP contribution >= 0.6 is 0 Å². The minimum Gasteiger partial charge on any atom is -0.493 e. The van der Waals surface area contributed by atoms with Gasteiger partial charge in [-0.25, -0.2) is 0 Å². The molecule has 3 rings (SSSR count). The monoisotopic (exact) mass is 366 g/mol. The molecule has 1 fully saturated rings. The summed E-state index contributed by atoms with van der Waals surface area (Å²) in [4.78, 5) is 0. The number of ether oxygens (including phenoxy) is 2. The SMILES string of the molecule is CC(C)COc1ccc(C2(c3ccc(OCC(C)C)cc3)CCCC2)cc1. The number of rotatable bonds is 8. The summed E-state index contributed by atoms with van der Waals surface area (Å²) in [6.45, 7) is 10.2. The van der Waals surface area contributed by atoms with Gasteiger partial charge in [-0.3, -0.25) is 0 Å². The first-order valence-electron chi connectivity index (χ1n) is 10.5. The Morgan fingerprint density at radius 3 is 1.37 bits per heavy atom. The van der Waals surface area contributed by atoms with E-state index in [1.807, 2.05) is 0 Å². The van der Waals surface area contributed by atoms with Gasteiger partial charge in [0.05, 0.1) is 13.2 Å². The van der Waals surface area contributed by atoms with E-state index in [0.29, 0.717) is 11.8 Å². The maximum absolute atomic E-state index is 5.87. The van der Waals surface area contributed by atoms with Crippen LogP contribution in [-0.4, -0.2) is 13.2 Å². The lowest BCUT2D eigenvalue weighted by Crippen LogP contribution is -2.23. The van der Waals surface area contributed by atoms with Crippen molar-refractivity contribution in [2.24, 2.45) is 11.8 Å². The standard InChI is InChI=1S/C25H34O2/c1-19(2)17-26-23-11-7-21(8-12-23)25(15-5-6-16-25)22-9-13-24(14-10-22)27-18-20(3)4/h7-14,19-20H,5-6,15-18H2,1-4H3. The van der Waals surface area contributed by atoms with Gasteiger partial charge in [-0.2, -0.15) is 0 Å². The highest BCUT2D eigenvalue weighted by Gasteiger charge is 2.37. The van der Waals surface area contributed by atoms with Crippen LogP contribution in [0.5, 0.6) is 11.5 Å². The van der Waals surface area contributed by atoms with E-state index in [1.54, 1.807) is 0 Å². The molecule has 0 heterocycles. The van der Waals surface area contributed by atoms with Crippen LogP contribution in [-0.2, 0) is 5.41 Å². The molecule has 1 saturated carbocycles. The summed E-state index contributed by atoms with van der Waals surface area (Å²) in [6, 6.07) is 17.6. The Labute approximate surface area is 164 Å². The third-order valence-electron chi connectivity index (χ3n) is 5.44. The third-order valence-corrected chi connectivity index (χ3v) is 5.44. The topological polar surface area (TPSA) is 18.5 Å². The molecule has 0 aliphatic heterocycles. The molecule has 0 bridgehead atoms. The third kappa shape index (κ3) is 4.86. The van der Waals surface area contributed by atoms with Crippen LogP contribution < -0.4 is 9.47 Å². The molecule has 27 heavy (non-hydrogen) atoms. The Morgan fingerprint density at radius 1 is 0.667 bits per heavy atom. The van der Waals surface area contributed by atoms with Crippen molar-refractivity contribution in [1.29, 1.82) is 0 Å². The van der Waals surface area contributed by atoms with Crippen molar-refractivity contribution in [3.63, 3.8) is 0 Å². The second kappa shape index (κ2) is 8.82. The molecule has 1 aliphatic rings. The lowest BCUT2D eigenvalue weighted by Gasteiger charge is -2.31. The van der Waals surface area contributed by atoms with E-state index in [4.69, 9.17) is 9.47 Å². The molecule has 0 aromatic heterocycles. The summed E-state index contributed by atoms with van der Waals surface area (Å²) >= 11 is 0. The minimum absolute atomic E-state index is 0.132. The van der Waals surface area contributed by atoms with E-state index in [-0.39, 0.29) is 5.41 Å². The van der Waals surface area contributed by atoms with Gasteiger partial charge < -0.3 is 9.47 Å². The van der Waals surface area contributed by atoms with Gasteiger partial charge in [-0.05, 0) is 60.1 Å². The lowest BCUT2D eigenvalue weighted by molar-refractivity contribution is 0.270. The molecular weight excluding hydrogens is 332 g/mol. The van der Waals surface area contributed by atoms with Crippen LogP contribution in [0.15, 0.2) is 48.5 Å². The van der Waals surface area contributed by atoms with E-state index in [1.165, 1.54) is 36.8 Å². The minimum atomic E-state index is 0.132. The van der Waals surface area contributed by atoms with Gasteiger partial charge in [-0.15, -0.1) is 0 Å². The van der Waals surface area contributed by atoms with Crippen LogP contribution in [0.1, 0.15) is 64.5 Å². The molecule has 0 saturated heterocycles. The van der Waals surface area contributed by atoms with Crippen LogP contribution in [0.2, 0.25) is 0 Å². The van der Waals surface area contributed by atoms with Crippen LogP contribution in [0.4, 0.5) is 0 Å². The van der Waals surface area contributed by atoms with Crippen molar-refractivity contribution >= 4 is 0 Å². The molecule has 1 aliphatic carbocycles. The van der Waals surface area contributed by atoms with E-state index in [0.717, 1.165) is 24.7 Å². The molecule has 146 valence electrons. The molecule has 0 radical (unpaired) electrons. The highest BCUT2D eigenvalue weighted by molar-refractivity contribution is 5.44. The second-order valence-electron chi connectivity index (χ2n) is 8.75. The Balaban J connectivity index is 1.79. The summed E-state index contributed by atoms with van der Waals surface area (Å²) in [5, 5.41) is 0. The van der Waals surface area contributed by atoms with Gasteiger partial charge in [0.15, 0.2) is 0 Å². The molecular formula is C25H34O2. The fourth-order valence-electron chi connectivity index (χ4n) is 3.99. The van der Waals surface area contributed by atoms with Crippen molar-refractivity contribution in [3.8, 4) is 11.5 Å². The van der Waals surface area contributed by atoms with Gasteiger partial charge in [0.2, 0.25) is 0 Å². The largest absolute Gasteiger partial charge is 0.493 e. The fourth-order valence-corrected chi connectivity index (χ4v) is 3.99. The first-order chi connectivity index (χ1) is 13.0. The molecule has 0 N–H and O–H groups in total. The van der Waals surface area contributed by atoms with Crippen LogP contribution in [0.25, 0.3) is 0 Å². The van der Waals surface area contributed by atoms with E-state index in [2.05, 4.69) is 76.2 Å². The molecule has 0 unspecified atom stereocenters. The van der Waals surface area contributed by atoms with Gasteiger partial charge in [0.25, 0.3) is 0 Å². The Hall–Kier alpha value is -1.96. The second-order valence-corrected chi connectivity index (χ2v) is 8.75. The molecule has 2 nitrogen and oxygen atoms in total. The zero-order valence-corrected chi connectivity index (χ0v) is 17.3. The summed E-state index contributed by atoms with van der Waals surface area (Å²) in [6.07, 6.45) is 5.01. The smallest absolute Gasteiger partial charge is 0.119 e. The number of hydrogen-bond acceptors (Lipinski definition) is 2. The summed E-state index contributed by atoms with van der Waals surface area (Å²) < 4.78 is 11.7. The molecule has 0 atom stereocenters. The Kier molecular flexibility index (Phi) is 6.46. The van der Waals surface area contributed by atoms with Gasteiger partial charge in [-0.1, -0.05) is 64.8 Å². The molecule has 2 aromatic carbocycles. The molecule has 0 amide bonds. The highest BCUT2D eigenvalue weighted by Crippen LogP contribution is 2.47.